The monoisotopic (exact) mass is 8530 g/mol. The van der Waals surface area contributed by atoms with Crippen LogP contribution in [-0.2, 0) is 2880 Å². The summed E-state index contributed by atoms with van der Waals surface area (Å²) in [6.45, 7) is 0. The molecule has 0 aliphatic heterocycles. The molecule has 4 nitrogen and oxygen atoms in total. The molecule has 96 heteroatoms. The fourth-order valence-electron chi connectivity index (χ4n) is 2.95. The van der Waals surface area contributed by atoms with Crippen molar-refractivity contribution in [1.82, 2.24) is 19.9 Å². The molecule has 3 aromatic carbocycles. The molecule has 506 valence electrons. The van der Waals surface area contributed by atoms with Crippen LogP contribution in [0.1, 0.15) is 0 Å². The summed E-state index contributed by atoms with van der Waals surface area (Å²) in [5.41, 5.74) is 3.58. The average Bonchev–Trinajstić information content (AvgIpc) is 4.05. The molecule has 9 rings (SSSR count). The third-order valence-electron chi connectivity index (χ3n) is 5.00. The third-order valence-corrected chi connectivity index (χ3v) is 7.31. The van der Waals surface area contributed by atoms with E-state index >= 15 is 0 Å². The van der Waals surface area contributed by atoms with Gasteiger partial charge in [0.05, 0.1) is 11.0 Å². The summed E-state index contributed by atoms with van der Waals surface area (Å²) >= 11 is 6.63. The van der Waals surface area contributed by atoms with Gasteiger partial charge in [-0.1, -0.05) is 121 Å². The van der Waals surface area contributed by atoms with Gasteiger partial charge in [-0.15, -0.1) is 22.7 Å². The molecule has 9 aromatic rings. The molecule has 0 fully saturated rings. The number of rotatable bonds is 0. The molecule has 0 saturated carbocycles. The van der Waals surface area contributed by atoms with Gasteiger partial charge >= 0.3 is 0 Å². The Labute approximate surface area is 3060 Å². The summed E-state index contributed by atoms with van der Waals surface area (Å²) in [4.78, 5) is 15.1. The predicted molar refractivity (Wildman–Crippen MR) is 212 cm³/mol. The maximum atomic E-state index is 3.78. The normalized spacial score (nSPS) is 2.97. The van der Waals surface area contributed by atoms with E-state index in [0.29, 0.717) is 0 Å². The molecule has 0 unspecified atom stereocenters. The molecule has 88 radical (unpaired) electrons. The molecule has 0 amide bonds. The van der Waals surface area contributed by atoms with Crippen LogP contribution >= 0.6 is 45.3 Å². The summed E-state index contributed by atoms with van der Waals surface area (Å²) in [6, 6.07) is 48.2. The first-order valence-electron chi connectivity index (χ1n) is 14.7. The second-order valence-corrected chi connectivity index (χ2v) is 11.6. The van der Waals surface area contributed by atoms with Crippen molar-refractivity contribution in [2.24, 2.45) is 0 Å². The number of hydrogen-bond donors (Lipinski definition) is 0. The van der Waals surface area contributed by atoms with Gasteiger partial charge in [-0.3, -0.25) is 19.9 Å². The van der Waals surface area contributed by atoms with Crippen molar-refractivity contribution in [3.63, 3.8) is 0 Å². The maximum Gasteiger partial charge on any atom is 0.0791 e. The van der Waals surface area contributed by atoms with Gasteiger partial charge in [0.25, 0.3) is 0 Å². The van der Waals surface area contributed by atoms with Crippen LogP contribution < -0.4 is 0 Å². The van der Waals surface area contributed by atoms with E-state index in [-0.39, 0.29) is 2880 Å². The quantitative estimate of drug-likeness (QED) is 0.152. The van der Waals surface area contributed by atoms with Gasteiger partial charge in [0, 0.05) is 2930 Å². The summed E-state index contributed by atoms with van der Waals surface area (Å²) < 4.78 is 0. The first-order valence-corrected chi connectivity index (χ1v) is 18.5. The number of thiazole rings is 2. The number of hydrogen-bond acceptors (Lipinski definition) is 8. The molecule has 0 spiro atoms. The van der Waals surface area contributed by atoms with Gasteiger partial charge in [-0.05, 0) is 56.6 Å². The SMILES string of the molecule is [Y].[Y].[Y].[Y].[Y].[Y].[Y].[Y].[Y].[Y].[Y].[Y].[Y].[Y].[Y].[Y].[Y].[Y].[Y].[Y].[Y].[Y].[Y].[Y].[Y].[Y].[Y].[Y].[Y].[Y].[Y].[Y].[Y].[Y].[Y].[Y].[Y].[Y].[Y].[Y].[Y].[Y].[Y].[Y].[Y].[Y].[Y].[Y].[Y].[Y].[Y].[Y].[Y].[Y].[Y].[Y].[Y].[Y].[Y].[Y].[Y].[Y].[Y].[Y].[Y].[Y].[Y].[Y].[Y].[Y].[Y].[Y].[Y].[Y].[Y].[Y].[Y].[Y].[Y].[Y].[Y].[Y].[Y].[Y].[Y].[Y].[Y].[Y].c1ccc2ccccc2c1.c1ccccc1.c1ccncc1.c1ccncc1.c1ccsc1.c1ccsc1.c1cscn1.c1cscn1. The number of thiophene rings is 2. The van der Waals surface area contributed by atoms with Gasteiger partial charge in [0.1, 0.15) is 0 Å². The van der Waals surface area contributed by atoms with Crippen molar-refractivity contribution in [3.8, 4) is 0 Å². The van der Waals surface area contributed by atoms with Crippen molar-refractivity contribution < 1.29 is 2880 Å². The maximum absolute atomic E-state index is 3.78. The zero-order valence-electron chi connectivity index (χ0n) is 77.2. The number of benzene rings is 3. The van der Waals surface area contributed by atoms with Crippen molar-refractivity contribution >= 4 is 56.1 Å². The molecule has 6 heterocycles. The zero-order chi connectivity index (χ0) is 33.7. The van der Waals surface area contributed by atoms with Gasteiger partial charge in [-0.2, -0.15) is 22.7 Å². The Morgan fingerprint density at radius 3 is 0.257 bits per heavy atom. The van der Waals surface area contributed by atoms with Crippen LogP contribution in [-0.4, -0.2) is 19.9 Å². The average molecular weight is 8530 g/mol. The first-order chi connectivity index (χ1) is 24.0. The van der Waals surface area contributed by atoms with E-state index in [0.717, 1.165) is 0 Å². The van der Waals surface area contributed by atoms with Gasteiger partial charge < -0.3 is 0 Å². The van der Waals surface area contributed by atoms with Gasteiger partial charge in [0.2, 0.25) is 0 Å². The summed E-state index contributed by atoms with van der Waals surface area (Å²) in [5.74, 6) is 0. The Hall–Kier alpha value is 92.0. The molecular weight excluding hydrogens is 8490 g/mol. The second kappa shape index (κ2) is 559. The topological polar surface area (TPSA) is 51.6 Å². The van der Waals surface area contributed by atoms with Crippen LogP contribution in [0.25, 0.3) is 10.8 Å². The minimum Gasteiger partial charge on any atom is -0.265 e. The largest absolute Gasteiger partial charge is 0.265 e. The third kappa shape index (κ3) is 522. The van der Waals surface area contributed by atoms with E-state index in [1.165, 1.54) is 10.8 Å². The fraction of sp³-hybridized carbons (Fsp3) is 0. The Bertz CT molecular complexity index is 1480. The minimum absolute atomic E-state index is 0. The zero-order valence-corrected chi connectivity index (χ0v) is 330. The summed E-state index contributed by atoms with van der Waals surface area (Å²) in [6.07, 6.45) is 10.5. The minimum atomic E-state index is 0. The van der Waals surface area contributed by atoms with E-state index in [1.807, 2.05) is 129 Å². The van der Waals surface area contributed by atoms with E-state index in [1.54, 1.807) is 93.5 Å². The van der Waals surface area contributed by atoms with E-state index in [4.69, 9.17) is 0 Å². The molecule has 6 aromatic heterocycles. The van der Waals surface area contributed by atoms with Crippen molar-refractivity contribution in [3.05, 3.63) is 226 Å². The Kier molecular flexibility index (Phi) is 2430. The molecule has 136 heavy (non-hydrogen) atoms. The number of fused-ring (bicyclic) bond motifs is 1. The molecule has 0 atom stereocenters. The molecular formula is C40H38N4S4Y88. The van der Waals surface area contributed by atoms with Crippen LogP contribution in [0.15, 0.2) is 226 Å². The van der Waals surface area contributed by atoms with Crippen molar-refractivity contribution in [2.75, 3.05) is 0 Å². The van der Waals surface area contributed by atoms with Crippen LogP contribution in [0.5, 0.6) is 0 Å². The molecule has 0 N–H and O–H groups in total. The molecule has 0 aliphatic rings. The van der Waals surface area contributed by atoms with Crippen LogP contribution in [0.3, 0.4) is 0 Å². The van der Waals surface area contributed by atoms with E-state index in [9.17, 15) is 0 Å². The van der Waals surface area contributed by atoms with E-state index in [2.05, 4.69) is 68.5 Å². The fourth-order valence-corrected chi connectivity index (χ4v) is 4.56. The first kappa shape index (κ1) is 591. The van der Waals surface area contributed by atoms with Crippen LogP contribution in [0.2, 0.25) is 0 Å². The molecule has 0 aliphatic carbocycles. The number of aromatic nitrogens is 4. The smallest absolute Gasteiger partial charge is 0.0791 e. The van der Waals surface area contributed by atoms with Crippen LogP contribution in [0.4, 0.5) is 0 Å². The predicted octanol–water partition coefficient (Wildman–Crippen LogP) is 12.3. The van der Waals surface area contributed by atoms with E-state index < -0.39 is 0 Å². The van der Waals surface area contributed by atoms with Gasteiger partial charge in [-0.25, -0.2) is 0 Å². The Balaban J connectivity index is -0.00000000218. The second-order valence-electron chi connectivity index (χ2n) is 8.49. The summed E-state index contributed by atoms with van der Waals surface area (Å²) in [7, 11) is 0. The standard InChI is InChI=1S/C10H8.C6H6.2C5H5N.2C4H4S.2C3H3NS.88Y/c1-2-6-10-8-4-3-7-9(10)5-1;3*1-2-4-6-5-3-1;2*1-2-4-5-3-1;2*1-2-5-3-4-1;;;;;;;;;;;;;;;;;;;;;;;;;;;;;;;;;;;;;;;;;;;;;;;;;;;;;;;;;;;;;;;;;;;;;;;;;;;;;;;;;;;;;;;;/h1-8H;1-6H;2*1-5H;2*1-4H;2*1-3H;;;;;;;;;;;;;;;;;;;;;;;;;;;;;;;;;;;;;;;;;;;;;;;;;;;;;;;;;;;;;;;;;;;;;;;;;;;;;;;;;;;;;;;;. The van der Waals surface area contributed by atoms with Crippen molar-refractivity contribution in [2.45, 2.75) is 0 Å². The summed E-state index contributed by atoms with van der Waals surface area (Å²) in [5, 5.41) is 14.6. The van der Waals surface area contributed by atoms with Gasteiger partial charge in [0.15, 0.2) is 0 Å². The van der Waals surface area contributed by atoms with Crippen molar-refractivity contribution in [1.29, 1.82) is 0 Å². The Morgan fingerprint density at radius 1 is 0.0956 bits per heavy atom. The molecule has 0 bridgehead atoms. The number of nitrogens with zero attached hydrogens (tertiary/aromatic N) is 4. The van der Waals surface area contributed by atoms with Crippen LogP contribution in [0, 0.1) is 0 Å². The number of pyridine rings is 2. The molecule has 0 saturated heterocycles. The Morgan fingerprint density at radius 2 is 0.206 bits per heavy atom.